The number of nitrogens with one attached hydrogen (secondary N) is 1. The summed E-state index contributed by atoms with van der Waals surface area (Å²) in [6, 6.07) is 12.8. The molecule has 0 bridgehead atoms. The van der Waals surface area contributed by atoms with Crippen LogP contribution in [-0.4, -0.2) is 59.7 Å². The second-order valence-corrected chi connectivity index (χ2v) is 7.62. The number of amides is 2. The monoisotopic (exact) mass is 418 g/mol. The van der Waals surface area contributed by atoms with Gasteiger partial charge in [0.1, 0.15) is 12.6 Å². The number of carbonyl (C=O) groups excluding carboxylic acids is 2. The highest BCUT2D eigenvalue weighted by Gasteiger charge is 2.43. The number of carbonyl (C=O) groups is 2. The zero-order valence-corrected chi connectivity index (χ0v) is 17.3. The Balaban J connectivity index is 1.41. The maximum Gasteiger partial charge on any atom is 0.266 e. The number of methoxy groups -OCH3 is 2. The number of benzene rings is 2. The number of para-hydroxylation sites is 1. The van der Waals surface area contributed by atoms with Crippen molar-refractivity contribution in [3.05, 3.63) is 59.3 Å². The summed E-state index contributed by atoms with van der Waals surface area (Å²) in [7, 11) is 3.13. The highest BCUT2D eigenvalue weighted by molar-refractivity contribution is 5.97. The summed E-state index contributed by atoms with van der Waals surface area (Å²) in [6.07, 6.45) is 2.04. The van der Waals surface area contributed by atoms with E-state index in [0.717, 1.165) is 27.7 Å². The van der Waals surface area contributed by atoms with Gasteiger partial charge in [-0.2, -0.15) is 5.10 Å². The highest BCUT2D eigenvalue weighted by Crippen LogP contribution is 2.32. The van der Waals surface area contributed by atoms with Gasteiger partial charge in [-0.25, -0.2) is 5.01 Å². The van der Waals surface area contributed by atoms with E-state index in [0.29, 0.717) is 24.5 Å². The van der Waals surface area contributed by atoms with E-state index in [1.54, 1.807) is 37.5 Å². The molecule has 8 nitrogen and oxygen atoms in total. The second-order valence-electron chi connectivity index (χ2n) is 7.62. The molecular formula is C23H22N4O4. The molecule has 3 aromatic rings. The van der Waals surface area contributed by atoms with E-state index >= 15 is 0 Å². The molecule has 2 aromatic carbocycles. The number of aromatic amines is 1. The minimum absolute atomic E-state index is 0.0747. The van der Waals surface area contributed by atoms with Crippen LogP contribution in [0.15, 0.2) is 47.6 Å². The van der Waals surface area contributed by atoms with E-state index in [9.17, 15) is 9.59 Å². The number of hydrogen-bond acceptors (Lipinski definition) is 5. The summed E-state index contributed by atoms with van der Waals surface area (Å²) in [5, 5.41) is 6.68. The molecule has 0 radical (unpaired) electrons. The molecule has 1 saturated heterocycles. The minimum Gasteiger partial charge on any atom is -0.493 e. The van der Waals surface area contributed by atoms with Crippen LogP contribution in [0.25, 0.3) is 10.9 Å². The van der Waals surface area contributed by atoms with E-state index in [1.165, 1.54) is 5.01 Å². The van der Waals surface area contributed by atoms with Crippen LogP contribution in [0.1, 0.15) is 16.8 Å². The summed E-state index contributed by atoms with van der Waals surface area (Å²) in [6.45, 7) is 0.334. The van der Waals surface area contributed by atoms with Gasteiger partial charge in [0.25, 0.3) is 5.91 Å². The van der Waals surface area contributed by atoms with Gasteiger partial charge in [-0.3, -0.25) is 9.59 Å². The molecule has 8 heteroatoms. The van der Waals surface area contributed by atoms with Gasteiger partial charge in [0.2, 0.25) is 5.91 Å². The molecule has 1 aromatic heterocycles. The van der Waals surface area contributed by atoms with E-state index in [2.05, 4.69) is 10.1 Å². The molecule has 5 rings (SSSR count). The van der Waals surface area contributed by atoms with Crippen molar-refractivity contribution in [2.45, 2.75) is 19.0 Å². The van der Waals surface area contributed by atoms with Gasteiger partial charge in [-0.1, -0.05) is 18.2 Å². The Labute approximate surface area is 179 Å². The Kier molecular flexibility index (Phi) is 4.62. The van der Waals surface area contributed by atoms with Gasteiger partial charge in [-0.05, 0) is 35.4 Å². The van der Waals surface area contributed by atoms with Gasteiger partial charge >= 0.3 is 0 Å². The van der Waals surface area contributed by atoms with Crippen LogP contribution in [0.3, 0.4) is 0 Å². The molecule has 3 heterocycles. The third kappa shape index (κ3) is 3.20. The first-order chi connectivity index (χ1) is 15.1. The van der Waals surface area contributed by atoms with Crippen LogP contribution in [-0.2, 0) is 22.6 Å². The Bertz CT molecular complexity index is 1220. The molecule has 0 saturated carbocycles. The molecule has 31 heavy (non-hydrogen) atoms. The third-order valence-corrected chi connectivity index (χ3v) is 5.90. The number of H-pyrrole nitrogens is 1. The second kappa shape index (κ2) is 7.46. The molecule has 1 fully saturated rings. The first kappa shape index (κ1) is 19.2. The van der Waals surface area contributed by atoms with Crippen molar-refractivity contribution in [2.24, 2.45) is 5.10 Å². The summed E-state index contributed by atoms with van der Waals surface area (Å²) >= 11 is 0. The Morgan fingerprint density at radius 3 is 2.68 bits per heavy atom. The molecule has 0 unspecified atom stereocenters. The lowest BCUT2D eigenvalue weighted by molar-refractivity contribution is -0.157. The summed E-state index contributed by atoms with van der Waals surface area (Å²) < 4.78 is 10.5. The zero-order valence-electron chi connectivity index (χ0n) is 17.3. The third-order valence-electron chi connectivity index (χ3n) is 5.90. The van der Waals surface area contributed by atoms with Gasteiger partial charge < -0.3 is 19.4 Å². The van der Waals surface area contributed by atoms with E-state index in [1.807, 2.05) is 30.3 Å². The number of ether oxygens (including phenoxy) is 2. The molecule has 0 aliphatic carbocycles. The fourth-order valence-corrected chi connectivity index (χ4v) is 4.33. The lowest BCUT2D eigenvalue weighted by atomic mass is 9.94. The normalized spacial score (nSPS) is 18.5. The zero-order chi connectivity index (χ0) is 21.5. The SMILES string of the molecule is COc1ccc(C=NN2CC(=O)N3Cc4[nH]c5ccccc5c4C[C@H]3C2=O)cc1OC. The van der Waals surface area contributed by atoms with Crippen molar-refractivity contribution in [1.82, 2.24) is 14.9 Å². The number of piperazine rings is 1. The fourth-order valence-electron chi connectivity index (χ4n) is 4.33. The predicted molar refractivity (Wildman–Crippen MR) is 115 cm³/mol. The fraction of sp³-hybridized carbons (Fsp3) is 0.261. The average molecular weight is 418 g/mol. The number of rotatable bonds is 4. The lowest BCUT2D eigenvalue weighted by Gasteiger charge is -2.40. The van der Waals surface area contributed by atoms with Crippen molar-refractivity contribution in [3.8, 4) is 11.5 Å². The van der Waals surface area contributed by atoms with Gasteiger partial charge in [0.05, 0.1) is 27.0 Å². The standard InChI is InChI=1S/C23H22N4O4/c1-30-20-8-7-14(9-21(20)31-2)11-24-27-13-22(28)26-12-18-16(10-19(26)23(27)29)15-5-3-4-6-17(15)25-18/h3-9,11,19,25H,10,12-13H2,1-2H3/t19-/m0/s1. The van der Waals surface area contributed by atoms with Crippen molar-refractivity contribution in [1.29, 1.82) is 0 Å². The van der Waals surface area contributed by atoms with Gasteiger partial charge in [-0.15, -0.1) is 0 Å². The van der Waals surface area contributed by atoms with Crippen molar-refractivity contribution in [2.75, 3.05) is 20.8 Å². The molecular weight excluding hydrogens is 396 g/mol. The maximum absolute atomic E-state index is 13.2. The van der Waals surface area contributed by atoms with Gasteiger partial charge in [0, 0.05) is 23.0 Å². The number of nitrogens with zero attached hydrogens (tertiary/aromatic N) is 3. The Hall–Kier alpha value is -3.81. The van der Waals surface area contributed by atoms with Crippen LogP contribution in [0.2, 0.25) is 0 Å². The predicted octanol–water partition coefficient (Wildman–Crippen LogP) is 2.31. The molecule has 0 spiro atoms. The van der Waals surface area contributed by atoms with E-state index < -0.39 is 6.04 Å². The average Bonchev–Trinajstić information content (AvgIpc) is 3.17. The van der Waals surface area contributed by atoms with Crippen LogP contribution >= 0.6 is 0 Å². The Morgan fingerprint density at radius 1 is 1.06 bits per heavy atom. The summed E-state index contributed by atoms with van der Waals surface area (Å²) in [5.74, 6) is 0.889. The molecule has 1 atom stereocenters. The number of fused-ring (bicyclic) bond motifs is 4. The molecule has 1 N–H and O–H groups in total. The van der Waals surface area contributed by atoms with Crippen molar-refractivity contribution in [3.63, 3.8) is 0 Å². The van der Waals surface area contributed by atoms with Crippen molar-refractivity contribution >= 4 is 28.9 Å². The van der Waals surface area contributed by atoms with Crippen LogP contribution in [0, 0.1) is 0 Å². The maximum atomic E-state index is 13.2. The minimum atomic E-state index is -0.546. The smallest absolute Gasteiger partial charge is 0.266 e. The largest absolute Gasteiger partial charge is 0.493 e. The highest BCUT2D eigenvalue weighted by atomic mass is 16.5. The lowest BCUT2D eigenvalue weighted by Crippen LogP contribution is -2.60. The number of hydrazone groups is 1. The van der Waals surface area contributed by atoms with Crippen LogP contribution < -0.4 is 9.47 Å². The molecule has 2 amide bonds. The topological polar surface area (TPSA) is 87.2 Å². The first-order valence-electron chi connectivity index (χ1n) is 10.0. The quantitative estimate of drug-likeness (QED) is 0.659. The summed E-state index contributed by atoms with van der Waals surface area (Å²) in [5.41, 5.74) is 3.86. The van der Waals surface area contributed by atoms with Crippen LogP contribution in [0.5, 0.6) is 11.5 Å². The van der Waals surface area contributed by atoms with Crippen LogP contribution in [0.4, 0.5) is 0 Å². The van der Waals surface area contributed by atoms with Crippen molar-refractivity contribution < 1.29 is 19.1 Å². The molecule has 2 aliphatic rings. The number of aromatic nitrogens is 1. The Morgan fingerprint density at radius 2 is 1.87 bits per heavy atom. The number of hydrogen-bond donors (Lipinski definition) is 1. The molecule has 158 valence electrons. The van der Waals surface area contributed by atoms with Gasteiger partial charge in [0.15, 0.2) is 11.5 Å². The van der Waals surface area contributed by atoms with E-state index in [4.69, 9.17) is 9.47 Å². The molecule has 2 aliphatic heterocycles. The van der Waals surface area contributed by atoms with E-state index in [-0.39, 0.29) is 18.4 Å². The first-order valence-corrected chi connectivity index (χ1v) is 10.0. The summed E-state index contributed by atoms with van der Waals surface area (Å²) in [4.78, 5) is 31.0.